The molecule has 0 spiro atoms. The van der Waals surface area contributed by atoms with Gasteiger partial charge in [0.05, 0.1) is 16.4 Å². The number of nitrogens with zero attached hydrogens (tertiary/aromatic N) is 3. The molecule has 9 heteroatoms. The van der Waals surface area contributed by atoms with Gasteiger partial charge in [-0.2, -0.15) is 0 Å². The number of rotatable bonds is 9. The third kappa shape index (κ3) is 4.81. The molecule has 0 saturated carbocycles. The summed E-state index contributed by atoms with van der Waals surface area (Å²) in [7, 11) is 1.68. The molecule has 2 rings (SSSR count). The van der Waals surface area contributed by atoms with Gasteiger partial charge in [-0.15, -0.1) is 10.2 Å². The highest BCUT2D eigenvalue weighted by molar-refractivity contribution is 7.23. The summed E-state index contributed by atoms with van der Waals surface area (Å²) in [5.74, 6) is 0. The summed E-state index contributed by atoms with van der Waals surface area (Å²) >= 11 is 2.62. The number of thiophene rings is 1. The Balaban J connectivity index is 1.82. The first-order valence-electron chi connectivity index (χ1n) is 6.47. The molecule has 0 unspecified atom stereocenters. The third-order valence-corrected chi connectivity index (χ3v) is 4.87. The Hall–Kier alpha value is -1.42. The highest BCUT2D eigenvalue weighted by Crippen LogP contribution is 2.34. The number of aromatic nitrogens is 2. The molecule has 0 bridgehead atoms. The maximum absolute atomic E-state index is 10.7. The van der Waals surface area contributed by atoms with Crippen molar-refractivity contribution in [3.05, 3.63) is 27.3 Å². The Morgan fingerprint density at radius 1 is 1.33 bits per heavy atom. The molecule has 2 aromatic heterocycles. The maximum atomic E-state index is 10.7. The lowest BCUT2D eigenvalue weighted by Gasteiger charge is -2.01. The lowest BCUT2D eigenvalue weighted by molar-refractivity contribution is -0.380. The molecule has 0 aliphatic heterocycles. The molecule has 0 aliphatic rings. The second-order valence-corrected chi connectivity index (χ2v) is 6.37. The lowest BCUT2D eigenvalue weighted by Crippen LogP contribution is -2.20. The quantitative estimate of drug-likeness (QED) is 0.432. The Labute approximate surface area is 130 Å². The van der Waals surface area contributed by atoms with Crippen LogP contribution in [0.3, 0.4) is 0 Å². The normalized spacial score (nSPS) is 10.9. The molecule has 2 aromatic rings. The van der Waals surface area contributed by atoms with Gasteiger partial charge in [0, 0.05) is 26.1 Å². The fourth-order valence-electron chi connectivity index (χ4n) is 1.66. The minimum Gasteiger partial charge on any atom is -0.383 e. The zero-order chi connectivity index (χ0) is 15.1. The Bertz CT molecular complexity index is 585. The molecule has 1 N–H and O–H groups in total. The van der Waals surface area contributed by atoms with E-state index in [9.17, 15) is 10.1 Å². The van der Waals surface area contributed by atoms with Crippen LogP contribution >= 0.6 is 22.7 Å². The van der Waals surface area contributed by atoms with E-state index in [1.807, 2.05) is 0 Å². The van der Waals surface area contributed by atoms with E-state index in [4.69, 9.17) is 4.74 Å². The summed E-state index contributed by atoms with van der Waals surface area (Å²) in [6, 6.07) is 3.22. The Morgan fingerprint density at radius 3 is 2.90 bits per heavy atom. The van der Waals surface area contributed by atoms with E-state index in [1.165, 1.54) is 17.4 Å². The van der Waals surface area contributed by atoms with Crippen molar-refractivity contribution in [3.8, 4) is 9.88 Å². The van der Waals surface area contributed by atoms with E-state index in [0.717, 1.165) is 52.2 Å². The van der Waals surface area contributed by atoms with Gasteiger partial charge < -0.3 is 10.1 Å². The second-order valence-electron chi connectivity index (χ2n) is 4.24. The molecule has 21 heavy (non-hydrogen) atoms. The van der Waals surface area contributed by atoms with Crippen LogP contribution in [-0.2, 0) is 11.2 Å². The molecule has 0 saturated heterocycles. The van der Waals surface area contributed by atoms with Gasteiger partial charge in [0.1, 0.15) is 5.01 Å². The Kier molecular flexibility index (Phi) is 6.18. The fourth-order valence-corrected chi connectivity index (χ4v) is 3.41. The van der Waals surface area contributed by atoms with E-state index < -0.39 is 0 Å². The van der Waals surface area contributed by atoms with Gasteiger partial charge in [0.2, 0.25) is 0 Å². The highest BCUT2D eigenvalue weighted by atomic mass is 32.1. The first kappa shape index (κ1) is 16.0. The molecule has 0 fully saturated rings. The molecule has 0 radical (unpaired) electrons. The van der Waals surface area contributed by atoms with Crippen LogP contribution in [0.15, 0.2) is 12.1 Å². The molecule has 7 nitrogen and oxygen atoms in total. The number of aryl methyl sites for hydroxylation is 1. The number of nitro groups is 1. The minimum atomic E-state index is -0.387. The fraction of sp³-hybridized carbons (Fsp3) is 0.500. The summed E-state index contributed by atoms with van der Waals surface area (Å²) < 4.78 is 4.95. The predicted molar refractivity (Wildman–Crippen MR) is 82.9 cm³/mol. The maximum Gasteiger partial charge on any atom is 0.324 e. The van der Waals surface area contributed by atoms with Crippen LogP contribution in [0.5, 0.6) is 0 Å². The topological polar surface area (TPSA) is 90.2 Å². The van der Waals surface area contributed by atoms with Gasteiger partial charge in [-0.1, -0.05) is 22.7 Å². The number of methoxy groups -OCH3 is 1. The van der Waals surface area contributed by atoms with Crippen molar-refractivity contribution >= 4 is 27.7 Å². The van der Waals surface area contributed by atoms with Crippen LogP contribution in [0.2, 0.25) is 0 Å². The van der Waals surface area contributed by atoms with Crippen molar-refractivity contribution in [2.45, 2.75) is 12.8 Å². The summed E-state index contributed by atoms with van der Waals surface area (Å²) in [6.45, 7) is 2.46. The van der Waals surface area contributed by atoms with Crippen LogP contribution in [-0.4, -0.2) is 41.9 Å². The van der Waals surface area contributed by atoms with Gasteiger partial charge in [0.25, 0.3) is 0 Å². The average Bonchev–Trinajstić information content (AvgIpc) is 3.11. The first-order chi connectivity index (χ1) is 10.2. The summed E-state index contributed by atoms with van der Waals surface area (Å²) in [6.07, 6.45) is 1.83. The monoisotopic (exact) mass is 328 g/mol. The molecular weight excluding hydrogens is 312 g/mol. The SMILES string of the molecule is COCCNCCCc1nnc(-c2ccc([N+](=O)[O-])s2)s1. The molecule has 2 heterocycles. The predicted octanol–water partition coefficient (Wildman–Crippen LogP) is 2.34. The van der Waals surface area contributed by atoms with E-state index >= 15 is 0 Å². The van der Waals surface area contributed by atoms with Gasteiger partial charge >= 0.3 is 5.00 Å². The summed E-state index contributed by atoms with van der Waals surface area (Å²) in [5.41, 5.74) is 0. The van der Waals surface area contributed by atoms with Crippen molar-refractivity contribution in [2.75, 3.05) is 26.8 Å². The van der Waals surface area contributed by atoms with Crippen molar-refractivity contribution in [2.24, 2.45) is 0 Å². The van der Waals surface area contributed by atoms with Gasteiger partial charge in [-0.25, -0.2) is 0 Å². The van der Waals surface area contributed by atoms with Crippen LogP contribution in [0.1, 0.15) is 11.4 Å². The summed E-state index contributed by atoms with van der Waals surface area (Å²) in [5, 5.41) is 24.0. The number of hydrogen-bond donors (Lipinski definition) is 1. The van der Waals surface area contributed by atoms with Gasteiger partial charge in [-0.3, -0.25) is 10.1 Å². The molecule has 0 amide bonds. The van der Waals surface area contributed by atoms with Crippen molar-refractivity contribution < 1.29 is 9.66 Å². The van der Waals surface area contributed by atoms with Crippen molar-refractivity contribution in [1.29, 1.82) is 0 Å². The molecule has 114 valence electrons. The average molecular weight is 328 g/mol. The zero-order valence-corrected chi connectivity index (χ0v) is 13.2. The van der Waals surface area contributed by atoms with Crippen LogP contribution in [0, 0.1) is 10.1 Å². The third-order valence-electron chi connectivity index (χ3n) is 2.68. The van der Waals surface area contributed by atoms with E-state index in [0.29, 0.717) is 6.61 Å². The van der Waals surface area contributed by atoms with Crippen molar-refractivity contribution in [1.82, 2.24) is 15.5 Å². The van der Waals surface area contributed by atoms with E-state index in [1.54, 1.807) is 13.2 Å². The standard InChI is InChI=1S/C12H16N4O3S2/c1-19-8-7-13-6-2-3-10-14-15-12(21-10)9-4-5-11(20-9)16(17)18/h4-5,13H,2-3,6-8H2,1H3. The summed E-state index contributed by atoms with van der Waals surface area (Å²) in [4.78, 5) is 11.1. The largest absolute Gasteiger partial charge is 0.383 e. The number of nitrogens with one attached hydrogen (secondary N) is 1. The number of ether oxygens (including phenoxy) is 1. The van der Waals surface area contributed by atoms with Crippen LogP contribution in [0.25, 0.3) is 9.88 Å². The van der Waals surface area contributed by atoms with Gasteiger partial charge in [0.15, 0.2) is 5.01 Å². The minimum absolute atomic E-state index is 0.129. The van der Waals surface area contributed by atoms with E-state index in [2.05, 4.69) is 15.5 Å². The molecule has 0 aliphatic carbocycles. The zero-order valence-electron chi connectivity index (χ0n) is 11.6. The number of hydrogen-bond acceptors (Lipinski definition) is 8. The van der Waals surface area contributed by atoms with Crippen molar-refractivity contribution in [3.63, 3.8) is 0 Å². The van der Waals surface area contributed by atoms with Crippen LogP contribution < -0.4 is 5.32 Å². The first-order valence-corrected chi connectivity index (χ1v) is 8.10. The van der Waals surface area contributed by atoms with Gasteiger partial charge in [-0.05, 0) is 19.0 Å². The second kappa shape index (κ2) is 8.13. The molecule has 0 aromatic carbocycles. The molecule has 0 atom stereocenters. The lowest BCUT2D eigenvalue weighted by atomic mass is 10.3. The molecular formula is C12H16N4O3S2. The smallest absolute Gasteiger partial charge is 0.324 e. The highest BCUT2D eigenvalue weighted by Gasteiger charge is 2.14. The van der Waals surface area contributed by atoms with Crippen LogP contribution in [0.4, 0.5) is 5.00 Å². The van der Waals surface area contributed by atoms with E-state index in [-0.39, 0.29) is 9.92 Å². The Morgan fingerprint density at radius 2 is 2.19 bits per heavy atom.